The number of thiazole rings is 1. The number of aromatic nitrogens is 1. The summed E-state index contributed by atoms with van der Waals surface area (Å²) >= 11 is 1.12. The first kappa shape index (κ1) is 13.0. The molecule has 1 aromatic rings. The number of likely N-dealkylation sites (tertiary alicyclic amines) is 1. The molecule has 1 fully saturated rings. The second kappa shape index (κ2) is 5.45. The van der Waals surface area contributed by atoms with Crippen molar-refractivity contribution in [2.45, 2.75) is 19.4 Å². The van der Waals surface area contributed by atoms with Crippen LogP contribution in [0.2, 0.25) is 0 Å². The zero-order chi connectivity index (χ0) is 13.1. The normalized spacial score (nSPS) is 19.0. The largest absolute Gasteiger partial charge is 0.461 e. The molecule has 18 heavy (non-hydrogen) atoms. The van der Waals surface area contributed by atoms with Gasteiger partial charge in [-0.1, -0.05) is 0 Å². The summed E-state index contributed by atoms with van der Waals surface area (Å²) in [6.45, 7) is 3.21. The van der Waals surface area contributed by atoms with E-state index in [1.165, 1.54) is 0 Å². The highest BCUT2D eigenvalue weighted by atomic mass is 32.1. The van der Waals surface area contributed by atoms with Crippen LogP contribution in [-0.2, 0) is 4.74 Å². The Kier molecular flexibility index (Phi) is 3.93. The maximum atomic E-state index is 12.0. The molecule has 1 aromatic heterocycles. The Labute approximate surface area is 109 Å². The highest BCUT2D eigenvalue weighted by molar-refractivity contribution is 7.11. The molecule has 0 radical (unpaired) electrons. The first-order chi connectivity index (χ1) is 8.61. The SMILES string of the molecule is CCOC(=O)c1nc(C(=O)N2CCC(N)C2)cs1. The van der Waals surface area contributed by atoms with E-state index in [0.717, 1.165) is 17.8 Å². The van der Waals surface area contributed by atoms with E-state index < -0.39 is 5.97 Å². The molecule has 0 spiro atoms. The van der Waals surface area contributed by atoms with Crippen LogP contribution in [0.25, 0.3) is 0 Å². The molecule has 6 nitrogen and oxygen atoms in total. The van der Waals surface area contributed by atoms with Crippen molar-refractivity contribution in [3.63, 3.8) is 0 Å². The number of amides is 1. The van der Waals surface area contributed by atoms with Crippen molar-refractivity contribution in [2.24, 2.45) is 5.73 Å². The predicted octanol–water partition coefficient (Wildman–Crippen LogP) is 0.493. The Morgan fingerprint density at radius 3 is 3.06 bits per heavy atom. The number of nitrogens with two attached hydrogens (primary N) is 1. The van der Waals surface area contributed by atoms with Gasteiger partial charge in [0.15, 0.2) is 0 Å². The van der Waals surface area contributed by atoms with Gasteiger partial charge in [0.2, 0.25) is 5.01 Å². The molecule has 1 saturated heterocycles. The second-order valence-corrected chi connectivity index (χ2v) is 4.92. The van der Waals surface area contributed by atoms with Gasteiger partial charge in [-0.3, -0.25) is 4.79 Å². The molecule has 0 aliphatic carbocycles. The average Bonchev–Trinajstić information content (AvgIpc) is 2.97. The third-order valence-corrected chi connectivity index (χ3v) is 3.51. The average molecular weight is 269 g/mol. The van der Waals surface area contributed by atoms with Crippen molar-refractivity contribution in [1.29, 1.82) is 0 Å². The minimum absolute atomic E-state index is 0.0390. The van der Waals surface area contributed by atoms with E-state index in [2.05, 4.69) is 4.98 Å². The molecule has 7 heteroatoms. The number of carbonyl (C=O) groups excluding carboxylic acids is 2. The number of hydrogen-bond acceptors (Lipinski definition) is 6. The van der Waals surface area contributed by atoms with Gasteiger partial charge in [0.25, 0.3) is 5.91 Å². The highest BCUT2D eigenvalue weighted by Gasteiger charge is 2.26. The number of esters is 1. The zero-order valence-corrected chi connectivity index (χ0v) is 10.9. The minimum Gasteiger partial charge on any atom is -0.461 e. The molecule has 2 heterocycles. The first-order valence-corrected chi connectivity index (χ1v) is 6.67. The summed E-state index contributed by atoms with van der Waals surface area (Å²) in [6, 6.07) is 0.0390. The van der Waals surface area contributed by atoms with Crippen LogP contribution in [0.5, 0.6) is 0 Å². The van der Waals surface area contributed by atoms with Crippen LogP contribution < -0.4 is 5.73 Å². The number of ether oxygens (including phenoxy) is 1. The van der Waals surface area contributed by atoms with Crippen molar-refractivity contribution in [3.8, 4) is 0 Å². The lowest BCUT2D eigenvalue weighted by Crippen LogP contribution is -2.32. The Hall–Kier alpha value is -1.47. The van der Waals surface area contributed by atoms with Crippen LogP contribution >= 0.6 is 11.3 Å². The van der Waals surface area contributed by atoms with E-state index in [4.69, 9.17) is 10.5 Å². The molecule has 1 unspecified atom stereocenters. The standard InChI is InChI=1S/C11H15N3O3S/c1-2-17-11(16)9-13-8(6-18-9)10(15)14-4-3-7(12)5-14/h6-7H,2-5,12H2,1H3. The number of hydrogen-bond donors (Lipinski definition) is 1. The molecule has 0 aromatic carbocycles. The van der Waals surface area contributed by atoms with Crippen LogP contribution in [0.4, 0.5) is 0 Å². The molecule has 2 N–H and O–H groups in total. The third-order valence-electron chi connectivity index (χ3n) is 2.69. The Balaban J connectivity index is 2.05. The Morgan fingerprint density at radius 2 is 2.44 bits per heavy atom. The minimum atomic E-state index is -0.486. The second-order valence-electron chi connectivity index (χ2n) is 4.06. The van der Waals surface area contributed by atoms with Gasteiger partial charge in [-0.15, -0.1) is 11.3 Å². The van der Waals surface area contributed by atoms with E-state index in [9.17, 15) is 9.59 Å². The lowest BCUT2D eigenvalue weighted by Gasteiger charge is -2.13. The van der Waals surface area contributed by atoms with Crippen molar-refractivity contribution in [3.05, 3.63) is 16.1 Å². The molecule has 1 amide bonds. The highest BCUT2D eigenvalue weighted by Crippen LogP contribution is 2.16. The van der Waals surface area contributed by atoms with Gasteiger partial charge in [0.1, 0.15) is 5.69 Å². The number of rotatable bonds is 3. The van der Waals surface area contributed by atoms with Gasteiger partial charge in [0, 0.05) is 24.5 Å². The summed E-state index contributed by atoms with van der Waals surface area (Å²) in [5, 5.41) is 1.79. The quantitative estimate of drug-likeness (QED) is 0.807. The molecule has 0 saturated carbocycles. The first-order valence-electron chi connectivity index (χ1n) is 5.79. The van der Waals surface area contributed by atoms with Gasteiger partial charge in [-0.2, -0.15) is 0 Å². The van der Waals surface area contributed by atoms with Gasteiger partial charge in [0.05, 0.1) is 6.61 Å². The Bertz CT molecular complexity index is 460. The molecule has 0 bridgehead atoms. The molecule has 1 aliphatic rings. The lowest BCUT2D eigenvalue weighted by atomic mass is 10.3. The monoisotopic (exact) mass is 269 g/mol. The van der Waals surface area contributed by atoms with E-state index in [1.54, 1.807) is 17.2 Å². The van der Waals surface area contributed by atoms with Crippen LogP contribution in [-0.4, -0.2) is 47.5 Å². The van der Waals surface area contributed by atoms with Crippen LogP contribution in [0.3, 0.4) is 0 Å². The maximum absolute atomic E-state index is 12.0. The summed E-state index contributed by atoms with van der Waals surface area (Å²) in [6.07, 6.45) is 0.806. The van der Waals surface area contributed by atoms with Gasteiger partial charge < -0.3 is 15.4 Å². The fourth-order valence-corrected chi connectivity index (χ4v) is 2.48. The molecule has 98 valence electrons. The van der Waals surface area contributed by atoms with Gasteiger partial charge in [-0.05, 0) is 13.3 Å². The summed E-state index contributed by atoms with van der Waals surface area (Å²) in [4.78, 5) is 29.2. The summed E-state index contributed by atoms with van der Waals surface area (Å²) in [5.41, 5.74) is 6.04. The Morgan fingerprint density at radius 1 is 1.67 bits per heavy atom. The van der Waals surface area contributed by atoms with E-state index in [0.29, 0.717) is 19.7 Å². The fraction of sp³-hybridized carbons (Fsp3) is 0.545. The van der Waals surface area contributed by atoms with Gasteiger partial charge >= 0.3 is 5.97 Å². The van der Waals surface area contributed by atoms with Crippen LogP contribution in [0, 0.1) is 0 Å². The van der Waals surface area contributed by atoms with Crippen molar-refractivity contribution in [1.82, 2.24) is 9.88 Å². The number of nitrogens with zero attached hydrogens (tertiary/aromatic N) is 2. The lowest BCUT2D eigenvalue weighted by molar-refractivity contribution is 0.0526. The van der Waals surface area contributed by atoms with E-state index in [1.807, 2.05) is 0 Å². The van der Waals surface area contributed by atoms with Crippen LogP contribution in [0.1, 0.15) is 33.6 Å². The number of carbonyl (C=O) groups is 2. The topological polar surface area (TPSA) is 85.5 Å². The summed E-state index contributed by atoms with van der Waals surface area (Å²) in [7, 11) is 0. The zero-order valence-electron chi connectivity index (χ0n) is 10.1. The van der Waals surface area contributed by atoms with Gasteiger partial charge in [-0.25, -0.2) is 9.78 Å². The van der Waals surface area contributed by atoms with E-state index in [-0.39, 0.29) is 22.7 Å². The van der Waals surface area contributed by atoms with Crippen LogP contribution in [0.15, 0.2) is 5.38 Å². The smallest absolute Gasteiger partial charge is 0.367 e. The predicted molar refractivity (Wildman–Crippen MR) is 66.6 cm³/mol. The fourth-order valence-electron chi connectivity index (χ4n) is 1.79. The van der Waals surface area contributed by atoms with E-state index >= 15 is 0 Å². The van der Waals surface area contributed by atoms with Crippen molar-refractivity contribution < 1.29 is 14.3 Å². The van der Waals surface area contributed by atoms with Crippen molar-refractivity contribution >= 4 is 23.2 Å². The molecule has 1 aliphatic heterocycles. The third kappa shape index (κ3) is 2.68. The molecule has 2 rings (SSSR count). The molecular formula is C11H15N3O3S. The summed E-state index contributed by atoms with van der Waals surface area (Å²) < 4.78 is 4.83. The molecule has 1 atom stereocenters. The summed E-state index contributed by atoms with van der Waals surface area (Å²) in [5.74, 6) is -0.658. The van der Waals surface area contributed by atoms with Crippen molar-refractivity contribution in [2.75, 3.05) is 19.7 Å². The maximum Gasteiger partial charge on any atom is 0.367 e. The molecular weight excluding hydrogens is 254 g/mol.